The summed E-state index contributed by atoms with van der Waals surface area (Å²) in [5.41, 5.74) is 9.67. The van der Waals surface area contributed by atoms with Crippen molar-refractivity contribution in [1.82, 2.24) is 9.55 Å². The Morgan fingerprint density at radius 2 is 1.28 bits per heavy atom. The zero-order chi connectivity index (χ0) is 31.3. The van der Waals surface area contributed by atoms with Crippen molar-refractivity contribution in [2.75, 3.05) is 0 Å². The van der Waals surface area contributed by atoms with Crippen LogP contribution in [0.3, 0.4) is 0 Å². The van der Waals surface area contributed by atoms with Crippen LogP contribution >= 0.6 is 11.3 Å². The van der Waals surface area contributed by atoms with Crippen LogP contribution in [0.1, 0.15) is 50.7 Å². The molecule has 0 saturated heterocycles. The number of nitrogens with zero attached hydrogens (tertiary/aromatic N) is 2. The normalized spacial score (nSPS) is 11.9. The Hall–Kier alpha value is -3.60. The fourth-order valence-electron chi connectivity index (χ4n) is 6.59. The van der Waals surface area contributed by atoms with Crippen molar-refractivity contribution >= 4 is 50.9 Å². The minimum absolute atomic E-state index is 0. The third-order valence-corrected chi connectivity index (χ3v) is 13.7. The predicted octanol–water partition coefficient (Wildman–Crippen LogP) is 10.4. The van der Waals surface area contributed by atoms with Gasteiger partial charge in [-0.25, -0.2) is 0 Å². The standard InChI is InChI=1S/C41H39N2SSi.Ir/c1-27(2)33-23-30(29-15-9-7-10-16-29)24-34(28(3)4)40(33)43-38-20-14-13-19-37(38)42-41(43)36-26-44-39-22-21-32(25-35(36)39)45(5,6)31-17-11-8-12-18-31;/h7-25,27-28H,1-6H3;/q-1;. The molecule has 2 heterocycles. The maximum Gasteiger partial charge on any atom is 0.111 e. The van der Waals surface area contributed by atoms with E-state index in [0.29, 0.717) is 11.8 Å². The number of rotatable bonds is 7. The Kier molecular flexibility index (Phi) is 9.06. The summed E-state index contributed by atoms with van der Waals surface area (Å²) < 4.78 is 3.69. The van der Waals surface area contributed by atoms with Gasteiger partial charge in [0.15, 0.2) is 0 Å². The number of benzene rings is 5. The number of thiophene rings is 1. The molecular formula is C41H39IrN2SSi-. The van der Waals surface area contributed by atoms with Crippen molar-refractivity contribution < 1.29 is 20.1 Å². The van der Waals surface area contributed by atoms with Crippen LogP contribution in [0, 0.1) is 5.38 Å². The van der Waals surface area contributed by atoms with Crippen LogP contribution in [-0.2, 0) is 20.1 Å². The predicted molar refractivity (Wildman–Crippen MR) is 198 cm³/mol. The maximum atomic E-state index is 5.36. The number of para-hydroxylation sites is 2. The quantitative estimate of drug-likeness (QED) is 0.116. The van der Waals surface area contributed by atoms with E-state index in [1.165, 1.54) is 48.4 Å². The molecule has 0 saturated carbocycles. The molecule has 0 spiro atoms. The Morgan fingerprint density at radius 1 is 0.674 bits per heavy atom. The van der Waals surface area contributed by atoms with Gasteiger partial charge in [-0.1, -0.05) is 152 Å². The largest absolute Gasteiger partial charge is 0.333 e. The third kappa shape index (κ3) is 5.64. The monoisotopic (exact) mass is 812 g/mol. The summed E-state index contributed by atoms with van der Waals surface area (Å²) in [5, 5.41) is 7.84. The summed E-state index contributed by atoms with van der Waals surface area (Å²) in [6.45, 7) is 14.1. The summed E-state index contributed by atoms with van der Waals surface area (Å²) in [7, 11) is -1.90. The van der Waals surface area contributed by atoms with Gasteiger partial charge in [-0.3, -0.25) is 16.3 Å². The van der Waals surface area contributed by atoms with Crippen LogP contribution < -0.4 is 10.4 Å². The van der Waals surface area contributed by atoms with Crippen molar-refractivity contribution in [3.63, 3.8) is 0 Å². The van der Waals surface area contributed by atoms with Gasteiger partial charge < -0.3 is 4.57 Å². The SMILES string of the molecule is CC(C)c1cc(-c2ccccc2)cc(C(C)C)c1-n1c(-c2[c-]sc3ccc([Si](C)(C)c4ccccc4)cc23)nc2ccccc21.[Ir]. The van der Waals surface area contributed by atoms with E-state index in [9.17, 15) is 0 Å². The number of imidazole rings is 1. The molecule has 7 aromatic rings. The third-order valence-electron chi connectivity index (χ3n) is 9.26. The van der Waals surface area contributed by atoms with Crippen molar-refractivity contribution in [2.24, 2.45) is 0 Å². The van der Waals surface area contributed by atoms with Crippen LogP contribution in [-0.4, -0.2) is 17.6 Å². The minimum atomic E-state index is -1.90. The summed E-state index contributed by atoms with van der Waals surface area (Å²) in [6.07, 6.45) is 0. The molecule has 0 fully saturated rings. The number of aromatic nitrogens is 2. The zero-order valence-corrected chi connectivity index (χ0v) is 31.5. The van der Waals surface area contributed by atoms with Gasteiger partial charge in [0.2, 0.25) is 0 Å². The molecule has 0 amide bonds. The van der Waals surface area contributed by atoms with Gasteiger partial charge in [-0.15, -0.1) is 11.5 Å². The van der Waals surface area contributed by atoms with Gasteiger partial charge in [0.1, 0.15) is 8.07 Å². The van der Waals surface area contributed by atoms with E-state index in [1.807, 2.05) is 0 Å². The molecule has 0 atom stereocenters. The van der Waals surface area contributed by atoms with Gasteiger partial charge in [-0.2, -0.15) is 0 Å². The summed E-state index contributed by atoms with van der Waals surface area (Å²) in [6, 6.07) is 42.3. The molecular weight excluding hydrogens is 773 g/mol. The fraction of sp³-hybridized carbons (Fsp3) is 0.195. The molecule has 0 N–H and O–H groups in total. The molecule has 1 radical (unpaired) electrons. The molecule has 7 rings (SSSR count). The first-order valence-electron chi connectivity index (χ1n) is 16.0. The Labute approximate surface area is 291 Å². The molecule has 233 valence electrons. The molecule has 5 heteroatoms. The second-order valence-electron chi connectivity index (χ2n) is 13.2. The molecule has 0 bridgehead atoms. The average molecular weight is 812 g/mol. The first-order valence-corrected chi connectivity index (χ1v) is 19.8. The molecule has 0 aliphatic rings. The van der Waals surface area contributed by atoms with E-state index in [-0.39, 0.29) is 20.1 Å². The van der Waals surface area contributed by atoms with E-state index in [0.717, 1.165) is 22.4 Å². The number of hydrogen-bond donors (Lipinski definition) is 0. The Morgan fingerprint density at radius 3 is 1.93 bits per heavy atom. The second-order valence-corrected chi connectivity index (χ2v) is 18.5. The number of hydrogen-bond acceptors (Lipinski definition) is 2. The second kappa shape index (κ2) is 12.9. The summed E-state index contributed by atoms with van der Waals surface area (Å²) in [4.78, 5) is 5.36. The Bertz CT molecular complexity index is 2110. The average Bonchev–Trinajstić information content (AvgIpc) is 3.66. The van der Waals surface area contributed by atoms with Gasteiger partial charge in [0.25, 0.3) is 0 Å². The van der Waals surface area contributed by atoms with E-state index in [2.05, 4.69) is 166 Å². The summed E-state index contributed by atoms with van der Waals surface area (Å²) in [5.74, 6) is 1.61. The fourth-order valence-corrected chi connectivity index (χ4v) is 9.77. The summed E-state index contributed by atoms with van der Waals surface area (Å²) >= 11 is 1.70. The molecule has 0 aliphatic heterocycles. The maximum absolute atomic E-state index is 5.36. The molecule has 2 nitrogen and oxygen atoms in total. The van der Waals surface area contributed by atoms with Gasteiger partial charge in [0, 0.05) is 25.8 Å². The van der Waals surface area contributed by atoms with E-state index in [1.54, 1.807) is 11.3 Å². The smallest absolute Gasteiger partial charge is 0.111 e. The van der Waals surface area contributed by atoms with Crippen LogP contribution in [0.15, 0.2) is 115 Å². The van der Waals surface area contributed by atoms with E-state index >= 15 is 0 Å². The molecule has 2 aromatic heterocycles. The van der Waals surface area contributed by atoms with Crippen molar-refractivity contribution in [3.8, 4) is 28.2 Å². The zero-order valence-electron chi connectivity index (χ0n) is 27.3. The molecule has 46 heavy (non-hydrogen) atoms. The van der Waals surface area contributed by atoms with Crippen molar-refractivity contribution in [1.29, 1.82) is 0 Å². The van der Waals surface area contributed by atoms with E-state index in [4.69, 9.17) is 4.98 Å². The van der Waals surface area contributed by atoms with Crippen LogP contribution in [0.25, 0.3) is 49.3 Å². The van der Waals surface area contributed by atoms with Gasteiger partial charge >= 0.3 is 0 Å². The molecule has 0 aliphatic carbocycles. The van der Waals surface area contributed by atoms with E-state index < -0.39 is 8.07 Å². The first kappa shape index (κ1) is 32.3. The van der Waals surface area contributed by atoms with Crippen molar-refractivity contribution in [2.45, 2.75) is 52.6 Å². The van der Waals surface area contributed by atoms with Crippen LogP contribution in [0.5, 0.6) is 0 Å². The minimum Gasteiger partial charge on any atom is -0.333 e. The van der Waals surface area contributed by atoms with Gasteiger partial charge in [-0.05, 0) is 58.4 Å². The van der Waals surface area contributed by atoms with Gasteiger partial charge in [0.05, 0.1) is 16.9 Å². The molecule has 0 unspecified atom stereocenters. The topological polar surface area (TPSA) is 17.8 Å². The Balaban J connectivity index is 0.00000372. The van der Waals surface area contributed by atoms with Crippen LogP contribution in [0.2, 0.25) is 13.1 Å². The van der Waals surface area contributed by atoms with Crippen LogP contribution in [0.4, 0.5) is 0 Å². The number of fused-ring (bicyclic) bond motifs is 2. The van der Waals surface area contributed by atoms with Crippen molar-refractivity contribution in [3.05, 3.63) is 132 Å². The molecule has 5 aromatic carbocycles. The first-order chi connectivity index (χ1) is 21.7.